The summed E-state index contributed by atoms with van der Waals surface area (Å²) in [6.45, 7) is 10.9. The lowest BCUT2D eigenvalue weighted by molar-refractivity contribution is 0.0600. The number of nitrogen functional groups attached to an aromatic ring is 1. The lowest BCUT2D eigenvalue weighted by atomic mass is 10.00. The predicted molar refractivity (Wildman–Crippen MR) is 137 cm³/mol. The van der Waals surface area contributed by atoms with Gasteiger partial charge in [-0.05, 0) is 42.3 Å². The SMILES string of the molecule is [C-]#[N+]c1c(N)nc(SC(C)c2cccc(C(=O)OC)c2)c(C#N)c1-c1ccc(OC2CCOC2)cc1. The molecule has 3 aromatic rings. The van der Waals surface area contributed by atoms with Crippen LogP contribution in [0.5, 0.6) is 5.75 Å². The normalized spacial score (nSPS) is 15.5. The number of methoxy groups -OCH3 is 1. The summed E-state index contributed by atoms with van der Waals surface area (Å²) in [6.07, 6.45) is 0.854. The first-order valence-corrected chi connectivity index (χ1v) is 12.1. The Morgan fingerprint density at radius 3 is 2.75 bits per heavy atom. The highest BCUT2D eigenvalue weighted by molar-refractivity contribution is 7.99. The Hall–Kier alpha value is -4.05. The van der Waals surface area contributed by atoms with E-state index in [2.05, 4.69) is 15.9 Å². The van der Waals surface area contributed by atoms with Crippen LogP contribution in [0.2, 0.25) is 0 Å². The molecule has 2 heterocycles. The highest BCUT2D eigenvalue weighted by Crippen LogP contribution is 2.44. The minimum atomic E-state index is -0.425. The number of ether oxygens (including phenoxy) is 3. The first kappa shape index (κ1) is 25.1. The van der Waals surface area contributed by atoms with Crippen LogP contribution in [-0.2, 0) is 9.47 Å². The number of aromatic nitrogens is 1. The number of rotatable bonds is 7. The molecule has 2 unspecified atom stereocenters. The highest BCUT2D eigenvalue weighted by atomic mass is 32.2. The number of pyridine rings is 1. The summed E-state index contributed by atoms with van der Waals surface area (Å²) < 4.78 is 16.1. The fourth-order valence-electron chi connectivity index (χ4n) is 3.93. The first-order chi connectivity index (χ1) is 17.4. The molecule has 9 heteroatoms. The van der Waals surface area contributed by atoms with Crippen molar-refractivity contribution in [3.8, 4) is 22.9 Å². The number of esters is 1. The third-order valence-electron chi connectivity index (χ3n) is 5.79. The number of nitriles is 1. The average molecular weight is 501 g/mol. The molecule has 182 valence electrons. The number of anilines is 1. The van der Waals surface area contributed by atoms with E-state index in [1.807, 2.05) is 37.3 Å². The van der Waals surface area contributed by atoms with Gasteiger partial charge >= 0.3 is 5.97 Å². The molecule has 0 saturated carbocycles. The van der Waals surface area contributed by atoms with Crippen LogP contribution >= 0.6 is 11.8 Å². The van der Waals surface area contributed by atoms with Crippen LogP contribution in [0.25, 0.3) is 16.0 Å². The Morgan fingerprint density at radius 1 is 1.33 bits per heavy atom. The smallest absolute Gasteiger partial charge is 0.337 e. The number of nitrogens with zero attached hydrogens (tertiary/aromatic N) is 3. The van der Waals surface area contributed by atoms with Crippen molar-refractivity contribution in [1.82, 2.24) is 4.98 Å². The van der Waals surface area contributed by atoms with E-state index in [0.717, 1.165) is 12.0 Å². The summed E-state index contributed by atoms with van der Waals surface area (Å²) in [7, 11) is 1.33. The Bertz CT molecular complexity index is 1360. The molecular weight excluding hydrogens is 476 g/mol. The molecule has 0 spiro atoms. The van der Waals surface area contributed by atoms with Crippen molar-refractivity contribution in [2.45, 2.75) is 29.7 Å². The molecule has 0 amide bonds. The van der Waals surface area contributed by atoms with Gasteiger partial charge in [-0.3, -0.25) is 0 Å². The second-order valence-electron chi connectivity index (χ2n) is 8.13. The van der Waals surface area contributed by atoms with Gasteiger partial charge in [0.05, 0.1) is 38.0 Å². The molecule has 1 aliphatic heterocycles. The quantitative estimate of drug-likeness (QED) is 0.255. The molecule has 1 aromatic heterocycles. The largest absolute Gasteiger partial charge is 0.488 e. The van der Waals surface area contributed by atoms with Crippen molar-refractivity contribution in [3.05, 3.63) is 76.6 Å². The number of hydrogen-bond donors (Lipinski definition) is 1. The third kappa shape index (κ3) is 5.28. The number of thioether (sulfide) groups is 1. The van der Waals surface area contributed by atoms with Gasteiger partial charge in [0.15, 0.2) is 0 Å². The molecule has 2 N–H and O–H groups in total. The zero-order chi connectivity index (χ0) is 25.7. The number of carbonyl (C=O) groups excluding carboxylic acids is 1. The molecule has 8 nitrogen and oxygen atoms in total. The Balaban J connectivity index is 1.68. The summed E-state index contributed by atoms with van der Waals surface area (Å²) in [5.41, 5.74) is 8.99. The molecule has 1 fully saturated rings. The Labute approximate surface area is 213 Å². The van der Waals surface area contributed by atoms with E-state index in [0.29, 0.717) is 40.7 Å². The first-order valence-electron chi connectivity index (χ1n) is 11.3. The molecule has 0 aliphatic carbocycles. The fraction of sp³-hybridized carbons (Fsp3) is 0.259. The van der Waals surface area contributed by atoms with Crippen molar-refractivity contribution in [1.29, 1.82) is 5.26 Å². The maximum atomic E-state index is 11.9. The van der Waals surface area contributed by atoms with Gasteiger partial charge in [0.2, 0.25) is 5.69 Å². The van der Waals surface area contributed by atoms with Gasteiger partial charge in [0.25, 0.3) is 0 Å². The van der Waals surface area contributed by atoms with Crippen molar-refractivity contribution < 1.29 is 19.0 Å². The fourth-order valence-corrected chi connectivity index (χ4v) is 4.96. The van der Waals surface area contributed by atoms with E-state index in [4.69, 9.17) is 26.5 Å². The molecule has 36 heavy (non-hydrogen) atoms. The standard InChI is InChI=1S/C27H24N4O4S/c1-16(18-5-4-6-19(13-18)27(32)33-3)36-26-22(14-28)23(24(30-2)25(29)31-26)17-7-9-20(10-8-17)35-21-11-12-34-15-21/h4-10,13,16,21H,11-12,15H2,1,3H3,(H2,29,31). The maximum absolute atomic E-state index is 11.9. The number of carbonyl (C=O) groups is 1. The minimum absolute atomic E-state index is 0.0167. The van der Waals surface area contributed by atoms with E-state index in [1.54, 1.807) is 18.2 Å². The molecular formula is C27H24N4O4S. The molecule has 2 aromatic carbocycles. The van der Waals surface area contributed by atoms with E-state index >= 15 is 0 Å². The molecule has 0 radical (unpaired) electrons. The number of nitrogens with two attached hydrogens (primary N) is 1. The molecule has 0 bridgehead atoms. The van der Waals surface area contributed by atoms with Gasteiger partial charge in [-0.2, -0.15) is 5.26 Å². The summed E-state index contributed by atoms with van der Waals surface area (Å²) in [5.74, 6) is 0.319. The molecule has 2 atom stereocenters. The van der Waals surface area contributed by atoms with Crippen molar-refractivity contribution >= 4 is 29.2 Å². The summed E-state index contributed by atoms with van der Waals surface area (Å²) in [6, 6.07) is 16.6. The van der Waals surface area contributed by atoms with E-state index in [9.17, 15) is 10.1 Å². The van der Waals surface area contributed by atoms with Crippen LogP contribution < -0.4 is 10.5 Å². The van der Waals surface area contributed by atoms with Crippen LogP contribution in [0.4, 0.5) is 11.5 Å². The number of benzene rings is 2. The third-order valence-corrected chi connectivity index (χ3v) is 6.93. The maximum Gasteiger partial charge on any atom is 0.337 e. The Morgan fingerprint density at radius 2 is 2.11 bits per heavy atom. The van der Waals surface area contributed by atoms with Gasteiger partial charge in [0.1, 0.15) is 28.8 Å². The number of hydrogen-bond acceptors (Lipinski definition) is 8. The van der Waals surface area contributed by atoms with Crippen LogP contribution in [0.3, 0.4) is 0 Å². The molecule has 1 saturated heterocycles. The van der Waals surface area contributed by atoms with Crippen LogP contribution in [0, 0.1) is 17.9 Å². The van der Waals surface area contributed by atoms with Gasteiger partial charge in [-0.1, -0.05) is 36.0 Å². The van der Waals surface area contributed by atoms with E-state index < -0.39 is 5.97 Å². The van der Waals surface area contributed by atoms with Crippen LogP contribution in [0.15, 0.2) is 53.6 Å². The monoisotopic (exact) mass is 500 g/mol. The summed E-state index contributed by atoms with van der Waals surface area (Å²) in [5, 5.41) is 10.4. The second-order valence-corrected chi connectivity index (χ2v) is 9.46. The van der Waals surface area contributed by atoms with Gasteiger partial charge < -0.3 is 19.9 Å². The van der Waals surface area contributed by atoms with E-state index in [-0.39, 0.29) is 28.4 Å². The van der Waals surface area contributed by atoms with Gasteiger partial charge in [-0.25, -0.2) is 14.6 Å². The summed E-state index contributed by atoms with van der Waals surface area (Å²) >= 11 is 1.34. The Kier molecular flexibility index (Phi) is 7.74. The van der Waals surface area contributed by atoms with Crippen molar-refractivity contribution in [2.75, 3.05) is 26.1 Å². The second kappa shape index (κ2) is 11.1. The predicted octanol–water partition coefficient (Wildman–Crippen LogP) is 5.56. The highest BCUT2D eigenvalue weighted by Gasteiger charge is 2.23. The van der Waals surface area contributed by atoms with Crippen molar-refractivity contribution in [3.63, 3.8) is 0 Å². The lowest BCUT2D eigenvalue weighted by Crippen LogP contribution is -2.15. The molecule has 4 rings (SSSR count). The zero-order valence-electron chi connectivity index (χ0n) is 19.9. The van der Waals surface area contributed by atoms with Crippen LogP contribution in [-0.4, -0.2) is 37.4 Å². The minimum Gasteiger partial charge on any atom is -0.488 e. The zero-order valence-corrected chi connectivity index (χ0v) is 20.7. The molecule has 1 aliphatic rings. The van der Waals surface area contributed by atoms with Crippen LogP contribution in [0.1, 0.15) is 40.1 Å². The van der Waals surface area contributed by atoms with Crippen molar-refractivity contribution in [2.24, 2.45) is 0 Å². The van der Waals surface area contributed by atoms with Gasteiger partial charge in [0, 0.05) is 17.2 Å². The topological polar surface area (TPSA) is 112 Å². The summed E-state index contributed by atoms with van der Waals surface area (Å²) in [4.78, 5) is 19.9. The van der Waals surface area contributed by atoms with Gasteiger partial charge in [-0.15, -0.1) is 0 Å². The van der Waals surface area contributed by atoms with E-state index in [1.165, 1.54) is 18.9 Å². The average Bonchev–Trinajstić information content (AvgIpc) is 3.41. The lowest BCUT2D eigenvalue weighted by Gasteiger charge is -2.17.